The van der Waals surface area contributed by atoms with Gasteiger partial charge in [0.15, 0.2) is 0 Å². The summed E-state index contributed by atoms with van der Waals surface area (Å²) in [5, 5.41) is 0. The van der Waals surface area contributed by atoms with Crippen LogP contribution in [0.1, 0.15) is 6.42 Å². The lowest BCUT2D eigenvalue weighted by molar-refractivity contribution is -0.165. The Morgan fingerprint density at radius 2 is 1.87 bits per heavy atom. The Labute approximate surface area is 88.8 Å². The molecule has 0 atom stereocenters. The van der Waals surface area contributed by atoms with Crippen molar-refractivity contribution in [1.82, 2.24) is 0 Å². The van der Waals surface area contributed by atoms with E-state index >= 15 is 0 Å². The van der Waals surface area contributed by atoms with Crippen molar-refractivity contribution in [1.29, 1.82) is 0 Å². The topological polar surface area (TPSA) is 43.4 Å². The Bertz CT molecular complexity index is 280. The molecule has 0 fully saturated rings. The van der Waals surface area contributed by atoms with Crippen LogP contribution in [0.25, 0.3) is 0 Å². The van der Waals surface area contributed by atoms with Gasteiger partial charge in [-0.05, 0) is 6.42 Å². The first-order chi connectivity index (χ1) is 6.65. The van der Waals surface area contributed by atoms with Gasteiger partial charge in [0, 0.05) is 17.3 Å². The minimum atomic E-state index is -4.21. The highest BCUT2D eigenvalue weighted by atomic mass is 35.7. The monoisotopic (exact) mass is 272 g/mol. The molecular formula is C6H9ClF4O3S. The predicted octanol–water partition coefficient (Wildman–Crippen LogP) is 1.86. The van der Waals surface area contributed by atoms with Crippen LogP contribution in [0.3, 0.4) is 0 Å². The van der Waals surface area contributed by atoms with E-state index in [9.17, 15) is 26.0 Å². The minimum absolute atomic E-state index is 0.120. The second-order valence-corrected chi connectivity index (χ2v) is 5.61. The van der Waals surface area contributed by atoms with Crippen molar-refractivity contribution < 1.29 is 30.7 Å². The van der Waals surface area contributed by atoms with E-state index in [4.69, 9.17) is 10.7 Å². The number of halogens is 5. The molecule has 3 nitrogen and oxygen atoms in total. The third-order valence-electron chi connectivity index (χ3n) is 1.29. The summed E-state index contributed by atoms with van der Waals surface area (Å²) >= 11 is 0. The molecule has 0 rings (SSSR count). The zero-order valence-corrected chi connectivity index (χ0v) is 9.00. The van der Waals surface area contributed by atoms with E-state index in [0.717, 1.165) is 0 Å². The molecule has 0 spiro atoms. The second-order valence-electron chi connectivity index (χ2n) is 2.71. The molecule has 0 aliphatic carbocycles. The third-order valence-corrected chi connectivity index (χ3v) is 2.53. The van der Waals surface area contributed by atoms with Crippen molar-refractivity contribution in [3.63, 3.8) is 0 Å². The maximum Gasteiger partial charge on any atom is 0.330 e. The molecule has 0 saturated heterocycles. The lowest BCUT2D eigenvalue weighted by atomic mass is 10.4. The van der Waals surface area contributed by atoms with Gasteiger partial charge in [-0.3, -0.25) is 0 Å². The molecule has 0 aromatic carbocycles. The Hall–Kier alpha value is -0.0800. The first kappa shape index (κ1) is 14.9. The van der Waals surface area contributed by atoms with Crippen molar-refractivity contribution in [3.05, 3.63) is 0 Å². The highest BCUT2D eigenvalue weighted by Crippen LogP contribution is 2.22. The molecular weight excluding hydrogens is 264 g/mol. The normalized spacial score (nSPS) is 13.5. The standard InChI is InChI=1S/C6H9ClF4O3S/c7-15(12,13)3-1-2-14-4-6(10,11)5(8)9/h5H,1-4H2. The van der Waals surface area contributed by atoms with E-state index in [0.29, 0.717) is 0 Å². The van der Waals surface area contributed by atoms with Gasteiger partial charge in [-0.2, -0.15) is 8.78 Å². The molecule has 0 bridgehead atoms. The summed E-state index contributed by atoms with van der Waals surface area (Å²) in [4.78, 5) is 0. The van der Waals surface area contributed by atoms with E-state index in [1.807, 2.05) is 0 Å². The van der Waals surface area contributed by atoms with E-state index in [1.165, 1.54) is 0 Å². The smallest absolute Gasteiger partial charge is 0.330 e. The SMILES string of the molecule is O=S(=O)(Cl)CCCOCC(F)(F)C(F)F. The van der Waals surface area contributed by atoms with Gasteiger partial charge in [0.2, 0.25) is 9.05 Å². The van der Waals surface area contributed by atoms with E-state index in [2.05, 4.69) is 4.74 Å². The summed E-state index contributed by atoms with van der Waals surface area (Å²) < 4.78 is 72.4. The van der Waals surface area contributed by atoms with Gasteiger partial charge in [0.1, 0.15) is 6.61 Å². The summed E-state index contributed by atoms with van der Waals surface area (Å²) in [7, 11) is 1.10. The number of hydrogen-bond acceptors (Lipinski definition) is 3. The number of alkyl halides is 4. The van der Waals surface area contributed by atoms with Crippen LogP contribution in [-0.2, 0) is 13.8 Å². The molecule has 0 N–H and O–H groups in total. The van der Waals surface area contributed by atoms with Gasteiger partial charge in [-0.25, -0.2) is 17.2 Å². The van der Waals surface area contributed by atoms with Gasteiger partial charge in [-0.1, -0.05) is 0 Å². The summed E-state index contributed by atoms with van der Waals surface area (Å²) in [6.07, 6.45) is -3.92. The average molecular weight is 273 g/mol. The van der Waals surface area contributed by atoms with Crippen LogP contribution in [0.15, 0.2) is 0 Å². The predicted molar refractivity (Wildman–Crippen MR) is 46.0 cm³/mol. The molecule has 9 heteroatoms. The fourth-order valence-corrected chi connectivity index (χ4v) is 1.39. The molecule has 0 saturated carbocycles. The zero-order valence-electron chi connectivity index (χ0n) is 7.43. The van der Waals surface area contributed by atoms with Gasteiger partial charge < -0.3 is 4.74 Å². The summed E-state index contributed by atoms with van der Waals surface area (Å²) in [5.41, 5.74) is 0. The van der Waals surface area contributed by atoms with E-state index in [1.54, 1.807) is 0 Å². The van der Waals surface area contributed by atoms with E-state index < -0.39 is 33.8 Å². The van der Waals surface area contributed by atoms with Crippen LogP contribution in [-0.4, -0.2) is 39.7 Å². The van der Waals surface area contributed by atoms with Crippen LogP contribution in [0.5, 0.6) is 0 Å². The molecule has 0 unspecified atom stereocenters. The van der Waals surface area contributed by atoms with Crippen molar-refractivity contribution in [3.8, 4) is 0 Å². The molecule has 15 heavy (non-hydrogen) atoms. The van der Waals surface area contributed by atoms with Crippen LogP contribution in [0.4, 0.5) is 17.6 Å². The van der Waals surface area contributed by atoms with Gasteiger partial charge in [-0.15, -0.1) is 0 Å². The fraction of sp³-hybridized carbons (Fsp3) is 1.00. The molecule has 0 aliphatic rings. The highest BCUT2D eigenvalue weighted by Gasteiger charge is 2.40. The average Bonchev–Trinajstić information content (AvgIpc) is 2.00. The van der Waals surface area contributed by atoms with Crippen LogP contribution >= 0.6 is 10.7 Å². The molecule has 0 heterocycles. The third kappa shape index (κ3) is 7.80. The summed E-state index contributed by atoms with van der Waals surface area (Å²) in [6, 6.07) is 0. The molecule has 0 amide bonds. The number of rotatable bonds is 7. The highest BCUT2D eigenvalue weighted by molar-refractivity contribution is 8.13. The summed E-state index contributed by atoms with van der Waals surface area (Å²) in [5.74, 6) is -4.66. The quantitative estimate of drug-likeness (QED) is 0.404. The maximum absolute atomic E-state index is 12.2. The van der Waals surface area contributed by atoms with Crippen molar-refractivity contribution in [2.24, 2.45) is 0 Å². The second kappa shape index (κ2) is 5.86. The van der Waals surface area contributed by atoms with Crippen molar-refractivity contribution in [2.45, 2.75) is 18.8 Å². The van der Waals surface area contributed by atoms with Crippen LogP contribution in [0.2, 0.25) is 0 Å². The molecule has 0 aromatic rings. The van der Waals surface area contributed by atoms with Gasteiger partial charge >= 0.3 is 12.3 Å². The largest absolute Gasteiger partial charge is 0.375 e. The first-order valence-electron chi connectivity index (χ1n) is 3.81. The Morgan fingerprint density at radius 1 is 1.33 bits per heavy atom. The van der Waals surface area contributed by atoms with Gasteiger partial charge in [0.25, 0.3) is 0 Å². The Morgan fingerprint density at radius 3 is 2.27 bits per heavy atom. The molecule has 0 aromatic heterocycles. The minimum Gasteiger partial charge on any atom is -0.375 e. The molecule has 0 radical (unpaired) electrons. The summed E-state index contributed by atoms with van der Waals surface area (Å²) in [6.45, 7) is -1.80. The lowest BCUT2D eigenvalue weighted by Gasteiger charge is -2.14. The van der Waals surface area contributed by atoms with E-state index in [-0.39, 0.29) is 13.0 Å². The van der Waals surface area contributed by atoms with Crippen LogP contribution in [0, 0.1) is 0 Å². The van der Waals surface area contributed by atoms with Crippen LogP contribution < -0.4 is 0 Å². The zero-order chi connectivity index (χ0) is 12.1. The lowest BCUT2D eigenvalue weighted by Crippen LogP contribution is -2.32. The first-order valence-corrected chi connectivity index (χ1v) is 6.29. The number of hydrogen-bond donors (Lipinski definition) is 0. The number of ether oxygens (including phenoxy) is 1. The van der Waals surface area contributed by atoms with Crippen molar-refractivity contribution >= 4 is 19.7 Å². The Balaban J connectivity index is 3.64. The van der Waals surface area contributed by atoms with Gasteiger partial charge in [0.05, 0.1) is 5.75 Å². The maximum atomic E-state index is 12.2. The van der Waals surface area contributed by atoms with Crippen molar-refractivity contribution in [2.75, 3.05) is 19.0 Å². The molecule has 92 valence electrons. The molecule has 0 aliphatic heterocycles. The Kier molecular flexibility index (Phi) is 5.82. The fourth-order valence-electron chi connectivity index (χ4n) is 0.605.